The van der Waals surface area contributed by atoms with E-state index in [0.29, 0.717) is 19.4 Å². The molecular formula is C13H16FNO2. The number of alkyl halides is 1. The average Bonchev–Trinajstić information content (AvgIpc) is 2.39. The summed E-state index contributed by atoms with van der Waals surface area (Å²) in [7, 11) is 0. The normalized spacial score (nSPS) is 24.7. The summed E-state index contributed by atoms with van der Waals surface area (Å²) in [5, 5.41) is 9.25. The number of likely N-dealkylation sites (tertiary alicyclic amines) is 1. The lowest BCUT2D eigenvalue weighted by Crippen LogP contribution is -2.40. The van der Waals surface area contributed by atoms with Crippen molar-refractivity contribution in [3.63, 3.8) is 0 Å². The highest BCUT2D eigenvalue weighted by molar-refractivity contribution is 5.48. The molecule has 2 unspecified atom stereocenters. The lowest BCUT2D eigenvalue weighted by atomic mass is 9.87. The standard InChI is InChI=1S/C13H16FNO2/c14-13-12(6-3-7-15(13)9-17)11-5-2-1-4-10(11)8-16/h1-2,4-5,9,12-13,16H,3,6-8H2. The number of amides is 1. The van der Waals surface area contributed by atoms with Gasteiger partial charge in [-0.1, -0.05) is 24.3 Å². The van der Waals surface area contributed by atoms with Crippen molar-refractivity contribution in [1.29, 1.82) is 0 Å². The van der Waals surface area contributed by atoms with Gasteiger partial charge in [0.15, 0.2) is 6.30 Å². The third kappa shape index (κ3) is 2.31. The van der Waals surface area contributed by atoms with Gasteiger partial charge in [0.1, 0.15) is 0 Å². The third-order valence-corrected chi connectivity index (χ3v) is 3.34. The first-order valence-corrected chi connectivity index (χ1v) is 5.81. The molecule has 1 aliphatic heterocycles. The molecule has 1 aliphatic rings. The minimum absolute atomic E-state index is 0.0967. The zero-order valence-corrected chi connectivity index (χ0v) is 9.55. The number of aliphatic hydroxyl groups is 1. The molecule has 1 heterocycles. The molecule has 0 bridgehead atoms. The average molecular weight is 237 g/mol. The van der Waals surface area contributed by atoms with Crippen molar-refractivity contribution in [2.24, 2.45) is 0 Å². The van der Waals surface area contributed by atoms with Gasteiger partial charge in [-0.25, -0.2) is 4.39 Å². The molecule has 0 radical (unpaired) electrons. The fourth-order valence-electron chi connectivity index (χ4n) is 2.44. The quantitative estimate of drug-likeness (QED) is 0.643. The van der Waals surface area contributed by atoms with Crippen LogP contribution < -0.4 is 0 Å². The van der Waals surface area contributed by atoms with E-state index in [-0.39, 0.29) is 12.5 Å². The van der Waals surface area contributed by atoms with E-state index in [4.69, 9.17) is 0 Å². The minimum Gasteiger partial charge on any atom is -0.392 e. The van der Waals surface area contributed by atoms with E-state index in [2.05, 4.69) is 0 Å². The summed E-state index contributed by atoms with van der Waals surface area (Å²) in [6.45, 7) is 0.378. The van der Waals surface area contributed by atoms with Gasteiger partial charge in [0, 0.05) is 12.5 Å². The van der Waals surface area contributed by atoms with Gasteiger partial charge < -0.3 is 10.0 Å². The van der Waals surface area contributed by atoms with Crippen LogP contribution in [0.25, 0.3) is 0 Å². The van der Waals surface area contributed by atoms with Gasteiger partial charge in [0.2, 0.25) is 6.41 Å². The van der Waals surface area contributed by atoms with Gasteiger partial charge in [-0.2, -0.15) is 0 Å². The number of hydrogen-bond acceptors (Lipinski definition) is 2. The summed E-state index contributed by atoms with van der Waals surface area (Å²) >= 11 is 0. The summed E-state index contributed by atoms with van der Waals surface area (Å²) in [5.74, 6) is -0.322. The second-order valence-electron chi connectivity index (χ2n) is 4.32. The summed E-state index contributed by atoms with van der Waals surface area (Å²) in [6.07, 6.45) is 0.791. The molecule has 17 heavy (non-hydrogen) atoms. The van der Waals surface area contributed by atoms with Crippen molar-refractivity contribution in [3.05, 3.63) is 35.4 Å². The number of rotatable bonds is 3. The van der Waals surface area contributed by atoms with Crippen LogP contribution in [0.5, 0.6) is 0 Å². The Hall–Kier alpha value is -1.42. The fraction of sp³-hybridized carbons (Fsp3) is 0.462. The number of benzene rings is 1. The molecule has 0 aromatic heterocycles. The monoisotopic (exact) mass is 237 g/mol. The summed E-state index contributed by atoms with van der Waals surface area (Å²) in [5.41, 5.74) is 1.56. The Morgan fingerprint density at radius 3 is 2.94 bits per heavy atom. The van der Waals surface area contributed by atoms with E-state index < -0.39 is 6.30 Å². The topological polar surface area (TPSA) is 40.5 Å². The molecule has 0 aliphatic carbocycles. The van der Waals surface area contributed by atoms with Crippen LogP contribution in [-0.4, -0.2) is 29.3 Å². The SMILES string of the molecule is O=CN1CCCC(c2ccccc2CO)C1F. The highest BCUT2D eigenvalue weighted by Crippen LogP contribution is 2.34. The largest absolute Gasteiger partial charge is 0.392 e. The summed E-state index contributed by atoms with van der Waals surface area (Å²) in [6, 6.07) is 7.28. The molecule has 1 amide bonds. The van der Waals surface area contributed by atoms with Crippen LogP contribution in [0.1, 0.15) is 29.9 Å². The van der Waals surface area contributed by atoms with Crippen LogP contribution in [0.15, 0.2) is 24.3 Å². The zero-order chi connectivity index (χ0) is 12.3. The van der Waals surface area contributed by atoms with Crippen LogP contribution in [0.3, 0.4) is 0 Å². The number of halogens is 1. The maximum atomic E-state index is 14.1. The predicted molar refractivity (Wildman–Crippen MR) is 62.0 cm³/mol. The molecule has 3 nitrogen and oxygen atoms in total. The number of hydrogen-bond donors (Lipinski definition) is 1. The molecule has 1 N–H and O–H groups in total. The van der Waals surface area contributed by atoms with E-state index in [1.54, 1.807) is 6.07 Å². The molecule has 1 fully saturated rings. The van der Waals surface area contributed by atoms with Crippen LogP contribution in [0, 0.1) is 0 Å². The van der Waals surface area contributed by atoms with Crippen LogP contribution in [0.4, 0.5) is 4.39 Å². The van der Waals surface area contributed by atoms with Gasteiger partial charge in [-0.15, -0.1) is 0 Å². The molecule has 2 rings (SSSR count). The number of piperidine rings is 1. The Bertz CT molecular complexity index is 397. The molecule has 0 spiro atoms. The number of aliphatic hydroxyl groups excluding tert-OH is 1. The minimum atomic E-state index is -1.28. The summed E-state index contributed by atoms with van der Waals surface area (Å²) < 4.78 is 14.1. The highest BCUT2D eigenvalue weighted by atomic mass is 19.1. The first kappa shape index (κ1) is 12.0. The number of carbonyl (C=O) groups is 1. The van der Waals surface area contributed by atoms with Gasteiger partial charge in [-0.05, 0) is 24.0 Å². The molecule has 92 valence electrons. The zero-order valence-electron chi connectivity index (χ0n) is 9.55. The molecule has 2 atom stereocenters. The Morgan fingerprint density at radius 1 is 1.47 bits per heavy atom. The van der Waals surface area contributed by atoms with E-state index in [1.165, 1.54) is 4.90 Å². The molecular weight excluding hydrogens is 221 g/mol. The van der Waals surface area contributed by atoms with Gasteiger partial charge >= 0.3 is 0 Å². The smallest absolute Gasteiger partial charge is 0.211 e. The highest BCUT2D eigenvalue weighted by Gasteiger charge is 2.32. The number of carbonyl (C=O) groups excluding carboxylic acids is 1. The van der Waals surface area contributed by atoms with E-state index in [0.717, 1.165) is 17.5 Å². The lowest BCUT2D eigenvalue weighted by Gasteiger charge is -2.34. The van der Waals surface area contributed by atoms with E-state index in [1.807, 2.05) is 18.2 Å². The van der Waals surface area contributed by atoms with Crippen molar-refractivity contribution in [2.45, 2.75) is 31.7 Å². The Balaban J connectivity index is 2.28. The van der Waals surface area contributed by atoms with E-state index in [9.17, 15) is 14.3 Å². The molecule has 0 saturated carbocycles. The lowest BCUT2D eigenvalue weighted by molar-refractivity contribution is -0.126. The molecule has 1 saturated heterocycles. The van der Waals surface area contributed by atoms with Gasteiger partial charge in [-0.3, -0.25) is 4.79 Å². The van der Waals surface area contributed by atoms with Crippen LogP contribution >= 0.6 is 0 Å². The first-order chi connectivity index (χ1) is 8.27. The van der Waals surface area contributed by atoms with Crippen molar-refractivity contribution in [3.8, 4) is 0 Å². The van der Waals surface area contributed by atoms with Crippen LogP contribution in [0.2, 0.25) is 0 Å². The Kier molecular flexibility index (Phi) is 3.74. The third-order valence-electron chi connectivity index (χ3n) is 3.34. The van der Waals surface area contributed by atoms with Crippen molar-refractivity contribution < 1.29 is 14.3 Å². The Labute approximate surface area is 99.9 Å². The Morgan fingerprint density at radius 2 is 2.24 bits per heavy atom. The maximum absolute atomic E-state index is 14.1. The van der Waals surface area contributed by atoms with Crippen molar-refractivity contribution >= 4 is 6.41 Å². The second kappa shape index (κ2) is 5.27. The van der Waals surface area contributed by atoms with Crippen molar-refractivity contribution in [1.82, 2.24) is 4.90 Å². The maximum Gasteiger partial charge on any atom is 0.211 e. The van der Waals surface area contributed by atoms with Gasteiger partial charge in [0.05, 0.1) is 6.61 Å². The second-order valence-corrected chi connectivity index (χ2v) is 4.32. The number of nitrogens with zero attached hydrogens (tertiary/aromatic N) is 1. The molecule has 1 aromatic carbocycles. The fourth-order valence-corrected chi connectivity index (χ4v) is 2.44. The molecule has 1 aromatic rings. The van der Waals surface area contributed by atoms with Gasteiger partial charge in [0.25, 0.3) is 0 Å². The predicted octanol–water partition coefficient (Wildman–Crippen LogP) is 1.81. The molecule has 4 heteroatoms. The van der Waals surface area contributed by atoms with E-state index >= 15 is 0 Å². The summed E-state index contributed by atoms with van der Waals surface area (Å²) in [4.78, 5) is 11.9. The van der Waals surface area contributed by atoms with Crippen molar-refractivity contribution in [2.75, 3.05) is 6.54 Å². The first-order valence-electron chi connectivity index (χ1n) is 5.81. The van der Waals surface area contributed by atoms with Crippen LogP contribution in [-0.2, 0) is 11.4 Å².